The summed E-state index contributed by atoms with van der Waals surface area (Å²) in [5.74, 6) is 0.0458. The van der Waals surface area contributed by atoms with Crippen LogP contribution in [0.3, 0.4) is 0 Å². The molecular weight excluding hydrogens is 264 g/mol. The van der Waals surface area contributed by atoms with Gasteiger partial charge < -0.3 is 15.7 Å². The first-order valence-electron chi connectivity index (χ1n) is 6.81. The Morgan fingerprint density at radius 3 is 2.32 bits per heavy atom. The molecule has 0 fully saturated rings. The number of carbonyl (C=O) groups excluding carboxylic acids is 1. The number of amides is 2. The van der Waals surface area contributed by atoms with E-state index >= 15 is 0 Å². The molecule has 0 aromatic heterocycles. The number of rotatable bonds is 11. The van der Waals surface area contributed by atoms with E-state index in [0.29, 0.717) is 25.9 Å². The molecule has 0 heterocycles. The Balaban J connectivity index is 3.33. The molecule has 3 N–H and O–H groups in total. The van der Waals surface area contributed by atoms with Crippen LogP contribution in [0.25, 0.3) is 0 Å². The van der Waals surface area contributed by atoms with Crippen LogP contribution in [0, 0.1) is 5.92 Å². The summed E-state index contributed by atoms with van der Waals surface area (Å²) >= 11 is 1.84. The molecule has 0 bridgehead atoms. The lowest BCUT2D eigenvalue weighted by Crippen LogP contribution is -2.36. The highest BCUT2D eigenvalue weighted by atomic mass is 32.2. The highest BCUT2D eigenvalue weighted by molar-refractivity contribution is 7.98. The summed E-state index contributed by atoms with van der Waals surface area (Å²) in [6.07, 6.45) is 6.70. The minimum absolute atomic E-state index is 0.159. The summed E-state index contributed by atoms with van der Waals surface area (Å²) in [4.78, 5) is 21.9. The van der Waals surface area contributed by atoms with Crippen LogP contribution in [0.15, 0.2) is 0 Å². The second-order valence-electron chi connectivity index (χ2n) is 4.62. The Kier molecular flexibility index (Phi) is 11.6. The summed E-state index contributed by atoms with van der Waals surface area (Å²) in [5.41, 5.74) is 0. The van der Waals surface area contributed by atoms with Gasteiger partial charge >= 0.3 is 12.0 Å². The van der Waals surface area contributed by atoms with Gasteiger partial charge in [-0.25, -0.2) is 4.79 Å². The molecule has 6 heteroatoms. The van der Waals surface area contributed by atoms with E-state index in [1.165, 1.54) is 12.2 Å². The van der Waals surface area contributed by atoms with Crippen LogP contribution < -0.4 is 10.6 Å². The van der Waals surface area contributed by atoms with Crippen molar-refractivity contribution in [1.29, 1.82) is 0 Å². The zero-order valence-electron chi connectivity index (χ0n) is 11.9. The van der Waals surface area contributed by atoms with E-state index in [1.54, 1.807) is 6.92 Å². The summed E-state index contributed by atoms with van der Waals surface area (Å²) in [6, 6.07) is -0.159. The Morgan fingerprint density at radius 2 is 1.74 bits per heavy atom. The van der Waals surface area contributed by atoms with E-state index in [4.69, 9.17) is 5.11 Å². The third-order valence-electron chi connectivity index (χ3n) is 2.83. The first kappa shape index (κ1) is 18.1. The highest BCUT2D eigenvalue weighted by Gasteiger charge is 2.09. The smallest absolute Gasteiger partial charge is 0.314 e. The molecule has 19 heavy (non-hydrogen) atoms. The van der Waals surface area contributed by atoms with Gasteiger partial charge in [-0.1, -0.05) is 13.3 Å². The summed E-state index contributed by atoms with van der Waals surface area (Å²) in [5, 5.41) is 14.2. The fourth-order valence-electron chi connectivity index (χ4n) is 1.55. The highest BCUT2D eigenvalue weighted by Crippen LogP contribution is 2.04. The van der Waals surface area contributed by atoms with Gasteiger partial charge in [0.2, 0.25) is 0 Å². The number of unbranched alkanes of at least 4 members (excludes halogenated alkanes) is 2. The Morgan fingerprint density at radius 1 is 1.11 bits per heavy atom. The topological polar surface area (TPSA) is 78.4 Å². The molecular formula is C13H26N2O3S. The van der Waals surface area contributed by atoms with Gasteiger partial charge in [-0.2, -0.15) is 11.8 Å². The van der Waals surface area contributed by atoms with Crippen LogP contribution in [0.2, 0.25) is 0 Å². The third-order valence-corrected chi connectivity index (χ3v) is 3.53. The molecule has 0 aliphatic carbocycles. The Bertz CT molecular complexity index is 262. The van der Waals surface area contributed by atoms with Gasteiger partial charge in [-0.15, -0.1) is 0 Å². The van der Waals surface area contributed by atoms with Gasteiger partial charge in [-0.3, -0.25) is 4.79 Å². The standard InChI is InChI=1S/C13H26N2O3S/c1-11(12(16)17)7-6-9-15-13(18)14-8-4-3-5-10-19-2/h11H,3-10H2,1-2H3,(H,16,17)(H2,14,15,18). The largest absolute Gasteiger partial charge is 0.481 e. The normalized spacial score (nSPS) is 11.9. The van der Waals surface area contributed by atoms with Crippen molar-refractivity contribution >= 4 is 23.8 Å². The Labute approximate surface area is 119 Å². The minimum Gasteiger partial charge on any atom is -0.481 e. The van der Waals surface area contributed by atoms with Gasteiger partial charge in [0.25, 0.3) is 0 Å². The van der Waals surface area contributed by atoms with Crippen LogP contribution in [-0.2, 0) is 4.79 Å². The average Bonchev–Trinajstić information content (AvgIpc) is 2.38. The molecule has 0 rings (SSSR count). The SMILES string of the molecule is CSCCCCCNC(=O)NCCCC(C)C(=O)O. The van der Waals surface area contributed by atoms with Crippen LogP contribution in [0.1, 0.15) is 39.0 Å². The molecule has 1 atom stereocenters. The maximum Gasteiger partial charge on any atom is 0.314 e. The number of carboxylic acid groups (broad SMARTS) is 1. The number of thioether (sulfide) groups is 1. The molecule has 5 nitrogen and oxygen atoms in total. The maximum absolute atomic E-state index is 11.4. The van der Waals surface area contributed by atoms with Gasteiger partial charge in [0, 0.05) is 13.1 Å². The number of aliphatic carboxylic acids is 1. The van der Waals surface area contributed by atoms with Crippen molar-refractivity contribution in [3.8, 4) is 0 Å². The molecule has 0 aliphatic rings. The van der Waals surface area contributed by atoms with E-state index in [-0.39, 0.29) is 11.9 Å². The number of nitrogens with one attached hydrogen (secondary N) is 2. The fraction of sp³-hybridized carbons (Fsp3) is 0.846. The lowest BCUT2D eigenvalue weighted by molar-refractivity contribution is -0.141. The van der Waals surface area contributed by atoms with Gasteiger partial charge in [0.15, 0.2) is 0 Å². The Hall–Kier alpha value is -0.910. The van der Waals surface area contributed by atoms with E-state index in [0.717, 1.165) is 12.8 Å². The fourth-order valence-corrected chi connectivity index (χ4v) is 2.04. The molecule has 0 spiro atoms. The predicted octanol–water partition coefficient (Wildman–Crippen LogP) is 2.32. The molecule has 0 aromatic rings. The van der Waals surface area contributed by atoms with Crippen molar-refractivity contribution in [3.63, 3.8) is 0 Å². The van der Waals surface area contributed by atoms with Gasteiger partial charge in [0.1, 0.15) is 0 Å². The van der Waals surface area contributed by atoms with Gasteiger partial charge in [0.05, 0.1) is 5.92 Å². The summed E-state index contributed by atoms with van der Waals surface area (Å²) in [6.45, 7) is 2.90. The molecule has 0 radical (unpaired) electrons. The van der Waals surface area contributed by atoms with E-state index in [2.05, 4.69) is 16.9 Å². The van der Waals surface area contributed by atoms with Gasteiger partial charge in [-0.05, 0) is 37.7 Å². The maximum atomic E-state index is 11.4. The van der Waals surface area contributed by atoms with Crippen LogP contribution in [0.4, 0.5) is 4.79 Å². The van der Waals surface area contributed by atoms with Crippen molar-refractivity contribution in [3.05, 3.63) is 0 Å². The second kappa shape index (κ2) is 12.1. The van der Waals surface area contributed by atoms with Crippen molar-refractivity contribution in [2.75, 3.05) is 25.1 Å². The minimum atomic E-state index is -0.783. The molecule has 1 unspecified atom stereocenters. The monoisotopic (exact) mass is 290 g/mol. The molecule has 0 saturated carbocycles. The zero-order chi connectivity index (χ0) is 14.5. The number of urea groups is 1. The summed E-state index contributed by atoms with van der Waals surface area (Å²) in [7, 11) is 0. The zero-order valence-corrected chi connectivity index (χ0v) is 12.7. The molecule has 0 aliphatic heterocycles. The van der Waals surface area contributed by atoms with E-state index < -0.39 is 5.97 Å². The molecule has 112 valence electrons. The third kappa shape index (κ3) is 11.9. The lowest BCUT2D eigenvalue weighted by Gasteiger charge is -2.08. The number of carboxylic acids is 1. The second-order valence-corrected chi connectivity index (χ2v) is 5.60. The number of hydrogen-bond donors (Lipinski definition) is 3. The summed E-state index contributed by atoms with van der Waals surface area (Å²) < 4.78 is 0. The molecule has 0 saturated heterocycles. The number of hydrogen-bond acceptors (Lipinski definition) is 3. The van der Waals surface area contributed by atoms with Crippen molar-refractivity contribution in [2.24, 2.45) is 5.92 Å². The molecule has 2 amide bonds. The van der Waals surface area contributed by atoms with Crippen molar-refractivity contribution in [2.45, 2.75) is 39.0 Å². The average molecular weight is 290 g/mol. The first-order valence-corrected chi connectivity index (χ1v) is 8.20. The van der Waals surface area contributed by atoms with Crippen LogP contribution in [-0.4, -0.2) is 42.2 Å². The van der Waals surface area contributed by atoms with Crippen molar-refractivity contribution in [1.82, 2.24) is 10.6 Å². The predicted molar refractivity (Wildman–Crippen MR) is 79.7 cm³/mol. The quantitative estimate of drug-likeness (QED) is 0.510. The van der Waals surface area contributed by atoms with Crippen LogP contribution in [0.5, 0.6) is 0 Å². The van der Waals surface area contributed by atoms with Crippen molar-refractivity contribution < 1.29 is 14.7 Å². The first-order chi connectivity index (χ1) is 9.07. The van der Waals surface area contributed by atoms with Crippen LogP contribution >= 0.6 is 11.8 Å². The van der Waals surface area contributed by atoms with E-state index in [1.807, 2.05) is 11.8 Å². The lowest BCUT2D eigenvalue weighted by atomic mass is 10.1. The number of carbonyl (C=O) groups is 2. The molecule has 0 aromatic carbocycles. The van der Waals surface area contributed by atoms with E-state index in [9.17, 15) is 9.59 Å².